The third-order valence-electron chi connectivity index (χ3n) is 4.46. The molecule has 1 fully saturated rings. The molecule has 1 aromatic carbocycles. The van der Waals surface area contributed by atoms with Crippen LogP contribution in [0, 0.1) is 0 Å². The van der Waals surface area contributed by atoms with Gasteiger partial charge in [0.15, 0.2) is 15.8 Å². The summed E-state index contributed by atoms with van der Waals surface area (Å²) in [5.41, 5.74) is 0.828. The second-order valence-electron chi connectivity index (χ2n) is 6.92. The first-order valence-corrected chi connectivity index (χ1v) is 11.8. The molecule has 0 spiro atoms. The lowest BCUT2D eigenvalue weighted by atomic mass is 10.2. The molecule has 0 saturated carbocycles. The Morgan fingerprint density at radius 2 is 1.93 bits per heavy atom. The molecule has 0 aliphatic carbocycles. The zero-order chi connectivity index (χ0) is 20.1. The highest BCUT2D eigenvalue weighted by Gasteiger charge is 2.15. The first kappa shape index (κ1) is 26.1. The van der Waals surface area contributed by atoms with Gasteiger partial charge in [-0.2, -0.15) is 0 Å². The van der Waals surface area contributed by atoms with Gasteiger partial charge in [-0.15, -0.1) is 24.0 Å². The van der Waals surface area contributed by atoms with Crippen molar-refractivity contribution in [2.24, 2.45) is 4.99 Å². The van der Waals surface area contributed by atoms with Gasteiger partial charge in [0.25, 0.3) is 0 Å². The summed E-state index contributed by atoms with van der Waals surface area (Å²) >= 11 is 0. The average molecular weight is 539 g/mol. The van der Waals surface area contributed by atoms with Gasteiger partial charge >= 0.3 is 0 Å². The molecule has 1 heterocycles. The minimum absolute atomic E-state index is 0. The van der Waals surface area contributed by atoms with Crippen LogP contribution in [0.5, 0.6) is 0 Å². The van der Waals surface area contributed by atoms with Crippen molar-refractivity contribution < 1.29 is 17.9 Å². The summed E-state index contributed by atoms with van der Waals surface area (Å²) in [5, 5.41) is 6.37. The molecule has 0 radical (unpaired) electrons. The Kier molecular flexibility index (Phi) is 13.5. The van der Waals surface area contributed by atoms with Crippen LogP contribution >= 0.6 is 24.0 Å². The molecule has 1 atom stereocenters. The van der Waals surface area contributed by atoms with Gasteiger partial charge in [-0.3, -0.25) is 4.99 Å². The highest BCUT2D eigenvalue weighted by Crippen LogP contribution is 2.11. The van der Waals surface area contributed by atoms with Crippen molar-refractivity contribution in [2.45, 2.75) is 37.5 Å². The number of hydrogen-bond acceptors (Lipinski definition) is 5. The Morgan fingerprint density at radius 1 is 1.21 bits per heavy atom. The van der Waals surface area contributed by atoms with Crippen LogP contribution in [0.15, 0.2) is 35.3 Å². The third-order valence-corrected chi connectivity index (χ3v) is 6.15. The molecule has 0 aromatic heterocycles. The first-order chi connectivity index (χ1) is 13.6. The Hall–Kier alpha value is -0.910. The number of halogens is 1. The topological polar surface area (TPSA) is 89.0 Å². The van der Waals surface area contributed by atoms with Crippen molar-refractivity contribution in [1.29, 1.82) is 0 Å². The summed E-state index contributed by atoms with van der Waals surface area (Å²) in [6, 6.07) is 9.28. The van der Waals surface area contributed by atoms with Gasteiger partial charge in [-0.25, -0.2) is 8.42 Å². The molecule has 1 aliphatic heterocycles. The number of ether oxygens (including phenoxy) is 2. The van der Waals surface area contributed by atoms with Crippen molar-refractivity contribution >= 4 is 39.8 Å². The lowest BCUT2D eigenvalue weighted by Gasteiger charge is -2.13. The van der Waals surface area contributed by atoms with Gasteiger partial charge in [-0.1, -0.05) is 30.3 Å². The zero-order valence-corrected chi connectivity index (χ0v) is 20.3. The number of aliphatic imine (C=N–C) groups is 1. The molecular formula is C20H34IN3O4S. The summed E-state index contributed by atoms with van der Waals surface area (Å²) in [6.45, 7) is 3.51. The maximum absolute atomic E-state index is 12.2. The van der Waals surface area contributed by atoms with Crippen LogP contribution in [0.4, 0.5) is 0 Å². The van der Waals surface area contributed by atoms with Crippen LogP contribution in [0.25, 0.3) is 0 Å². The van der Waals surface area contributed by atoms with E-state index in [0.29, 0.717) is 32.1 Å². The number of nitrogens with zero attached hydrogens (tertiary/aromatic N) is 1. The number of guanidine groups is 1. The monoisotopic (exact) mass is 539 g/mol. The fourth-order valence-corrected chi connectivity index (χ4v) is 4.42. The van der Waals surface area contributed by atoms with E-state index < -0.39 is 9.84 Å². The van der Waals surface area contributed by atoms with Gasteiger partial charge < -0.3 is 20.1 Å². The maximum atomic E-state index is 12.2. The van der Waals surface area contributed by atoms with E-state index in [-0.39, 0.29) is 41.6 Å². The van der Waals surface area contributed by atoms with Crippen LogP contribution < -0.4 is 10.6 Å². The number of nitrogens with one attached hydrogen (secondary N) is 2. The summed E-state index contributed by atoms with van der Waals surface area (Å²) in [7, 11) is -1.40. The summed E-state index contributed by atoms with van der Waals surface area (Å²) in [4.78, 5) is 4.15. The molecule has 29 heavy (non-hydrogen) atoms. The minimum Gasteiger partial charge on any atom is -0.379 e. The third kappa shape index (κ3) is 11.8. The largest absolute Gasteiger partial charge is 0.379 e. The van der Waals surface area contributed by atoms with Crippen molar-refractivity contribution in [2.75, 3.05) is 45.7 Å². The Morgan fingerprint density at radius 3 is 2.59 bits per heavy atom. The second kappa shape index (κ2) is 15.0. The summed E-state index contributed by atoms with van der Waals surface area (Å²) < 4.78 is 35.5. The van der Waals surface area contributed by atoms with Crippen molar-refractivity contribution in [3.63, 3.8) is 0 Å². The molecule has 1 unspecified atom stereocenters. The number of rotatable bonds is 12. The van der Waals surface area contributed by atoms with Crippen LogP contribution in [0.2, 0.25) is 0 Å². The van der Waals surface area contributed by atoms with Gasteiger partial charge in [0, 0.05) is 33.4 Å². The maximum Gasteiger partial charge on any atom is 0.190 e. The summed E-state index contributed by atoms with van der Waals surface area (Å²) in [6.07, 6.45) is 3.90. The average Bonchev–Trinajstić information content (AvgIpc) is 3.20. The molecule has 1 saturated heterocycles. The molecule has 0 bridgehead atoms. The minimum atomic E-state index is -3.10. The number of hydrogen-bond donors (Lipinski definition) is 2. The van der Waals surface area contributed by atoms with Gasteiger partial charge in [0.05, 0.1) is 24.2 Å². The normalized spacial score (nSPS) is 17.0. The van der Waals surface area contributed by atoms with Gasteiger partial charge in [0.2, 0.25) is 0 Å². The quantitative estimate of drug-likeness (QED) is 0.184. The molecule has 2 N–H and O–H groups in total. The highest BCUT2D eigenvalue weighted by atomic mass is 127. The molecule has 0 amide bonds. The van der Waals surface area contributed by atoms with E-state index >= 15 is 0 Å². The SMILES string of the molecule is CN=C(NCCCOCC1CCCO1)NCCCS(=O)(=O)Cc1ccccc1.I. The molecule has 9 heteroatoms. The lowest BCUT2D eigenvalue weighted by Crippen LogP contribution is -2.39. The number of benzene rings is 1. The fraction of sp³-hybridized carbons (Fsp3) is 0.650. The van der Waals surface area contributed by atoms with Crippen molar-refractivity contribution in [1.82, 2.24) is 10.6 Å². The predicted octanol–water partition coefficient (Wildman–Crippen LogP) is 2.36. The lowest BCUT2D eigenvalue weighted by molar-refractivity contribution is 0.0168. The molecule has 7 nitrogen and oxygen atoms in total. The Labute approximate surface area is 192 Å². The van der Waals surface area contributed by atoms with E-state index in [2.05, 4.69) is 15.6 Å². The van der Waals surface area contributed by atoms with E-state index in [1.807, 2.05) is 30.3 Å². The standard InChI is InChI=1S/C20H33N3O4S.HI/c1-21-20(22-11-6-13-26-16-19-10-5-14-27-19)23-12-7-15-28(24,25)17-18-8-3-2-4-9-18;/h2-4,8-9,19H,5-7,10-17H2,1H3,(H2,21,22,23);1H. The summed E-state index contributed by atoms with van der Waals surface area (Å²) in [5.74, 6) is 0.926. The Balaban J connectivity index is 0.00000420. The zero-order valence-electron chi connectivity index (χ0n) is 17.1. The molecule has 1 aromatic rings. The number of sulfone groups is 1. The van der Waals surface area contributed by atoms with Crippen LogP contribution in [0.1, 0.15) is 31.2 Å². The Bertz CT molecular complexity index is 680. The molecule has 1 aliphatic rings. The van der Waals surface area contributed by atoms with Crippen LogP contribution in [-0.4, -0.2) is 66.2 Å². The van der Waals surface area contributed by atoms with Crippen LogP contribution in [0.3, 0.4) is 0 Å². The van der Waals surface area contributed by atoms with E-state index in [0.717, 1.165) is 38.0 Å². The smallest absolute Gasteiger partial charge is 0.190 e. The fourth-order valence-electron chi connectivity index (χ4n) is 2.99. The molecular weight excluding hydrogens is 505 g/mol. The van der Waals surface area contributed by atoms with Crippen LogP contribution in [-0.2, 0) is 25.1 Å². The van der Waals surface area contributed by atoms with Crippen molar-refractivity contribution in [3.05, 3.63) is 35.9 Å². The van der Waals surface area contributed by atoms with E-state index in [1.165, 1.54) is 0 Å². The van der Waals surface area contributed by atoms with E-state index in [1.54, 1.807) is 7.05 Å². The van der Waals surface area contributed by atoms with Gasteiger partial charge in [-0.05, 0) is 31.2 Å². The molecule has 2 rings (SSSR count). The second-order valence-corrected chi connectivity index (χ2v) is 9.10. The predicted molar refractivity (Wildman–Crippen MR) is 128 cm³/mol. The van der Waals surface area contributed by atoms with Crippen molar-refractivity contribution in [3.8, 4) is 0 Å². The highest BCUT2D eigenvalue weighted by molar-refractivity contribution is 14.0. The van der Waals surface area contributed by atoms with Gasteiger partial charge in [0.1, 0.15) is 0 Å². The first-order valence-electron chi connectivity index (χ1n) is 9.97. The molecule has 166 valence electrons. The van der Waals surface area contributed by atoms with E-state index in [4.69, 9.17) is 9.47 Å². The van der Waals surface area contributed by atoms with E-state index in [9.17, 15) is 8.42 Å².